The maximum atomic E-state index is 12.3. The van der Waals surface area contributed by atoms with Gasteiger partial charge in [0.2, 0.25) is 11.8 Å². The van der Waals surface area contributed by atoms with Crippen LogP contribution in [0.5, 0.6) is 0 Å². The maximum absolute atomic E-state index is 12.3. The zero-order valence-electron chi connectivity index (χ0n) is 12.7. The number of carbonyl (C=O) groups excluding carboxylic acids is 2. The largest absolute Gasteiger partial charge is 0.353 e. The number of amides is 2. The fourth-order valence-corrected chi connectivity index (χ4v) is 3.04. The van der Waals surface area contributed by atoms with E-state index in [0.717, 1.165) is 17.4 Å². The Labute approximate surface area is 130 Å². The minimum atomic E-state index is -3.12. The molecule has 0 radical (unpaired) electrons. The van der Waals surface area contributed by atoms with Gasteiger partial charge in [0.15, 0.2) is 0 Å². The molecule has 0 unspecified atom stereocenters. The van der Waals surface area contributed by atoms with E-state index in [2.05, 4.69) is 5.32 Å². The first-order valence-corrected chi connectivity index (χ1v) is 9.13. The molecule has 1 aliphatic heterocycles. The monoisotopic (exact) mass is 324 g/mol. The van der Waals surface area contributed by atoms with E-state index < -0.39 is 15.9 Å². The average Bonchev–Trinajstić information content (AvgIpc) is 2.44. The number of benzene rings is 1. The number of carbonyl (C=O) groups is 2. The summed E-state index contributed by atoms with van der Waals surface area (Å²) in [5.74, 6) is -0.589. The van der Waals surface area contributed by atoms with Crippen molar-refractivity contribution < 1.29 is 18.0 Å². The third-order valence-electron chi connectivity index (χ3n) is 3.73. The smallest absolute Gasteiger partial charge is 0.243 e. The lowest BCUT2D eigenvalue weighted by Gasteiger charge is -2.35. The van der Waals surface area contributed by atoms with E-state index in [4.69, 9.17) is 0 Å². The first-order chi connectivity index (χ1) is 10.3. The summed E-state index contributed by atoms with van der Waals surface area (Å²) in [6.07, 6.45) is 1.57. The molecule has 0 saturated heterocycles. The van der Waals surface area contributed by atoms with E-state index in [9.17, 15) is 18.0 Å². The van der Waals surface area contributed by atoms with Crippen LogP contribution < -0.4 is 5.32 Å². The number of sulfone groups is 1. The minimum absolute atomic E-state index is 0.0571. The molecular weight excluding hydrogens is 304 g/mol. The van der Waals surface area contributed by atoms with Gasteiger partial charge < -0.3 is 10.2 Å². The number of nitrogens with one attached hydrogen (secondary N) is 1. The second kappa shape index (κ2) is 6.48. The molecular formula is C15H20N2O4S. The molecule has 1 aromatic carbocycles. The molecule has 6 nitrogen and oxygen atoms in total. The van der Waals surface area contributed by atoms with Crippen LogP contribution in [0.25, 0.3) is 0 Å². The van der Waals surface area contributed by atoms with Gasteiger partial charge in [0.1, 0.15) is 15.9 Å². The summed E-state index contributed by atoms with van der Waals surface area (Å²) < 4.78 is 22.2. The van der Waals surface area contributed by atoms with Crippen molar-refractivity contribution in [2.45, 2.75) is 25.9 Å². The topological polar surface area (TPSA) is 83.6 Å². The van der Waals surface area contributed by atoms with Gasteiger partial charge in [-0.25, -0.2) is 8.42 Å². The Balaban J connectivity index is 2.10. The van der Waals surface area contributed by atoms with E-state index in [1.165, 1.54) is 11.8 Å². The first-order valence-electron chi connectivity index (χ1n) is 7.07. The van der Waals surface area contributed by atoms with E-state index in [-0.39, 0.29) is 24.1 Å². The average molecular weight is 324 g/mol. The Hall–Kier alpha value is -1.89. The Morgan fingerprint density at radius 1 is 1.27 bits per heavy atom. The first kappa shape index (κ1) is 16.5. The molecule has 0 aliphatic carbocycles. The molecule has 0 spiro atoms. The van der Waals surface area contributed by atoms with Crippen LogP contribution in [0.2, 0.25) is 0 Å². The molecule has 2 amide bonds. The second-order valence-electron chi connectivity index (χ2n) is 5.56. The zero-order valence-corrected chi connectivity index (χ0v) is 13.5. The number of hydrogen-bond acceptors (Lipinski definition) is 4. The van der Waals surface area contributed by atoms with Gasteiger partial charge in [-0.1, -0.05) is 24.3 Å². The van der Waals surface area contributed by atoms with Gasteiger partial charge in [-0.15, -0.1) is 0 Å². The van der Waals surface area contributed by atoms with Crippen LogP contribution in [0.15, 0.2) is 24.3 Å². The Morgan fingerprint density at radius 2 is 1.91 bits per heavy atom. The van der Waals surface area contributed by atoms with E-state index in [0.29, 0.717) is 13.0 Å². The quantitative estimate of drug-likeness (QED) is 0.853. The van der Waals surface area contributed by atoms with Crippen LogP contribution in [0.1, 0.15) is 18.1 Å². The lowest BCUT2D eigenvalue weighted by molar-refractivity contribution is -0.140. The molecule has 2 rings (SSSR count). The molecule has 0 fully saturated rings. The molecule has 1 atom stereocenters. The second-order valence-corrected chi connectivity index (χ2v) is 7.82. The highest BCUT2D eigenvalue weighted by molar-refractivity contribution is 7.90. The van der Waals surface area contributed by atoms with Crippen LogP contribution in [-0.4, -0.2) is 49.7 Å². The van der Waals surface area contributed by atoms with Crippen molar-refractivity contribution in [2.24, 2.45) is 0 Å². The number of hydrogen-bond donors (Lipinski definition) is 1. The molecule has 1 heterocycles. The normalized spacial score (nSPS) is 17.7. The highest BCUT2D eigenvalue weighted by Crippen LogP contribution is 2.23. The molecule has 120 valence electrons. The van der Waals surface area contributed by atoms with E-state index in [1.807, 2.05) is 24.3 Å². The van der Waals surface area contributed by atoms with Gasteiger partial charge >= 0.3 is 0 Å². The van der Waals surface area contributed by atoms with Crippen molar-refractivity contribution in [3.8, 4) is 0 Å². The summed E-state index contributed by atoms with van der Waals surface area (Å²) in [6.45, 7) is 1.89. The molecule has 0 aromatic heterocycles. The standard InChI is InChI=1S/C15H20N2O4S/c1-11(18)17-10-13-6-4-3-5-12(13)9-14(17)15(19)16-7-8-22(2,20)21/h3-6,14H,7-10H2,1-2H3,(H,16,19)/t14-/m0/s1. The third-order valence-corrected chi connectivity index (χ3v) is 4.67. The van der Waals surface area contributed by atoms with Crippen molar-refractivity contribution in [3.05, 3.63) is 35.4 Å². The number of rotatable bonds is 4. The highest BCUT2D eigenvalue weighted by Gasteiger charge is 2.32. The predicted octanol–water partition coefficient (Wildman–Crippen LogP) is 0.121. The Morgan fingerprint density at radius 3 is 2.50 bits per heavy atom. The summed E-state index contributed by atoms with van der Waals surface area (Å²) in [6, 6.07) is 7.11. The van der Waals surface area contributed by atoms with Gasteiger partial charge in [-0.2, -0.15) is 0 Å². The minimum Gasteiger partial charge on any atom is -0.353 e. The number of nitrogens with zero attached hydrogens (tertiary/aromatic N) is 1. The molecule has 7 heteroatoms. The lowest BCUT2D eigenvalue weighted by Crippen LogP contribution is -2.52. The fraction of sp³-hybridized carbons (Fsp3) is 0.467. The van der Waals surface area contributed by atoms with Crippen LogP contribution >= 0.6 is 0 Å². The predicted molar refractivity (Wildman–Crippen MR) is 82.9 cm³/mol. The summed E-state index contributed by atoms with van der Waals surface area (Å²) in [5.41, 5.74) is 2.08. The van der Waals surface area contributed by atoms with Crippen molar-refractivity contribution in [3.63, 3.8) is 0 Å². The van der Waals surface area contributed by atoms with Crippen molar-refractivity contribution >= 4 is 21.7 Å². The molecule has 1 aliphatic rings. The van der Waals surface area contributed by atoms with Crippen molar-refractivity contribution in [1.29, 1.82) is 0 Å². The van der Waals surface area contributed by atoms with Crippen molar-refractivity contribution in [1.82, 2.24) is 10.2 Å². The van der Waals surface area contributed by atoms with Crippen LogP contribution in [-0.2, 0) is 32.4 Å². The molecule has 1 N–H and O–H groups in total. The SMILES string of the molecule is CC(=O)N1Cc2ccccc2C[C@H]1C(=O)NCCS(C)(=O)=O. The summed E-state index contributed by atoms with van der Waals surface area (Å²) in [4.78, 5) is 25.6. The molecule has 1 aromatic rings. The molecule has 22 heavy (non-hydrogen) atoms. The van der Waals surface area contributed by atoms with Gasteiger partial charge in [0.05, 0.1) is 5.75 Å². The van der Waals surface area contributed by atoms with Gasteiger partial charge in [0, 0.05) is 32.7 Å². The Bertz CT molecular complexity index is 685. The Kier molecular flexibility index (Phi) is 4.85. The lowest BCUT2D eigenvalue weighted by atomic mass is 9.93. The summed E-state index contributed by atoms with van der Waals surface area (Å²) >= 11 is 0. The van der Waals surface area contributed by atoms with E-state index in [1.54, 1.807) is 0 Å². The highest BCUT2D eigenvalue weighted by atomic mass is 32.2. The zero-order chi connectivity index (χ0) is 16.3. The summed E-state index contributed by atoms with van der Waals surface area (Å²) in [7, 11) is -3.12. The van der Waals surface area contributed by atoms with Gasteiger partial charge in [-0.3, -0.25) is 9.59 Å². The van der Waals surface area contributed by atoms with Crippen molar-refractivity contribution in [2.75, 3.05) is 18.6 Å². The van der Waals surface area contributed by atoms with Gasteiger partial charge in [-0.05, 0) is 11.1 Å². The van der Waals surface area contributed by atoms with E-state index >= 15 is 0 Å². The molecule has 0 bridgehead atoms. The maximum Gasteiger partial charge on any atom is 0.243 e. The van der Waals surface area contributed by atoms with Crippen LogP contribution in [0.3, 0.4) is 0 Å². The number of fused-ring (bicyclic) bond motifs is 1. The summed E-state index contributed by atoms with van der Waals surface area (Å²) in [5, 5.41) is 2.61. The van der Waals surface area contributed by atoms with Gasteiger partial charge in [0.25, 0.3) is 0 Å². The van der Waals surface area contributed by atoms with Crippen LogP contribution in [0, 0.1) is 0 Å². The third kappa shape index (κ3) is 4.07. The fourth-order valence-electron chi connectivity index (χ4n) is 2.57. The molecule has 0 saturated carbocycles. The van der Waals surface area contributed by atoms with Crippen LogP contribution in [0.4, 0.5) is 0 Å².